The normalized spacial score (nSPS) is 27.6. The molecule has 2 heterocycles. The first kappa shape index (κ1) is 13.2. The smallest absolute Gasteiger partial charge is 0.141 e. The molecule has 1 aromatic heterocycles. The van der Waals surface area contributed by atoms with Gasteiger partial charge in [-0.05, 0) is 48.3 Å². The molecule has 0 aromatic carbocycles. The highest BCUT2D eigenvalue weighted by Gasteiger charge is 2.39. The summed E-state index contributed by atoms with van der Waals surface area (Å²) in [5.74, 6) is 0. The van der Waals surface area contributed by atoms with Crippen LogP contribution in [-0.2, 0) is 4.74 Å². The van der Waals surface area contributed by atoms with Crippen LogP contribution in [0.2, 0.25) is 5.02 Å². The standard InChI is InChI=1S/C13H18ClIN2O/c14-11-9-17(16-12(11)15)10-4-7-18-13(8-10)5-2-1-3-6-13/h9-10H,1-8H2. The second kappa shape index (κ2) is 5.29. The van der Waals surface area contributed by atoms with Gasteiger partial charge in [-0.15, -0.1) is 0 Å². The van der Waals surface area contributed by atoms with Gasteiger partial charge in [-0.2, -0.15) is 5.10 Å². The van der Waals surface area contributed by atoms with Gasteiger partial charge >= 0.3 is 0 Å². The first-order chi connectivity index (χ1) is 8.69. The van der Waals surface area contributed by atoms with Crippen molar-refractivity contribution in [2.75, 3.05) is 6.61 Å². The minimum atomic E-state index is 0.130. The molecule has 18 heavy (non-hydrogen) atoms. The van der Waals surface area contributed by atoms with Crippen molar-refractivity contribution in [2.45, 2.75) is 56.6 Å². The summed E-state index contributed by atoms with van der Waals surface area (Å²) in [6.07, 6.45) is 10.5. The highest BCUT2D eigenvalue weighted by molar-refractivity contribution is 14.1. The van der Waals surface area contributed by atoms with Crippen molar-refractivity contribution in [3.8, 4) is 0 Å². The maximum absolute atomic E-state index is 6.12. The van der Waals surface area contributed by atoms with Crippen LogP contribution < -0.4 is 0 Å². The highest BCUT2D eigenvalue weighted by atomic mass is 127. The van der Waals surface area contributed by atoms with Crippen LogP contribution >= 0.6 is 34.2 Å². The minimum Gasteiger partial charge on any atom is -0.375 e. The second-order valence-electron chi connectivity index (χ2n) is 5.49. The van der Waals surface area contributed by atoms with E-state index < -0.39 is 0 Å². The van der Waals surface area contributed by atoms with Gasteiger partial charge < -0.3 is 4.74 Å². The maximum Gasteiger partial charge on any atom is 0.141 e. The third kappa shape index (κ3) is 2.56. The Hall–Kier alpha value is 0.190. The van der Waals surface area contributed by atoms with Crippen LogP contribution in [0.25, 0.3) is 0 Å². The monoisotopic (exact) mass is 380 g/mol. The van der Waals surface area contributed by atoms with Crippen molar-refractivity contribution < 1.29 is 4.74 Å². The molecule has 0 radical (unpaired) electrons. The Labute approximate surface area is 126 Å². The fourth-order valence-electron chi connectivity index (χ4n) is 3.31. The summed E-state index contributed by atoms with van der Waals surface area (Å²) < 4.78 is 9.08. The van der Waals surface area contributed by atoms with Gasteiger partial charge in [-0.25, -0.2) is 0 Å². The first-order valence-electron chi connectivity index (χ1n) is 6.73. The van der Waals surface area contributed by atoms with Crippen molar-refractivity contribution in [1.82, 2.24) is 9.78 Å². The molecule has 1 aliphatic heterocycles. The van der Waals surface area contributed by atoms with E-state index in [0.717, 1.165) is 28.2 Å². The van der Waals surface area contributed by atoms with E-state index in [1.165, 1.54) is 32.1 Å². The highest BCUT2D eigenvalue weighted by Crippen LogP contribution is 2.42. The lowest BCUT2D eigenvalue weighted by Gasteiger charge is -2.43. The molecule has 1 saturated carbocycles. The van der Waals surface area contributed by atoms with Crippen LogP contribution in [0, 0.1) is 3.70 Å². The number of ether oxygens (including phenoxy) is 1. The van der Waals surface area contributed by atoms with Gasteiger partial charge in [0.15, 0.2) is 0 Å². The molecule has 0 bridgehead atoms. The molecule has 1 unspecified atom stereocenters. The molecule has 1 saturated heterocycles. The number of hydrogen-bond acceptors (Lipinski definition) is 2. The van der Waals surface area contributed by atoms with E-state index in [1.807, 2.05) is 6.20 Å². The van der Waals surface area contributed by atoms with Gasteiger partial charge in [0.05, 0.1) is 16.7 Å². The SMILES string of the molecule is Clc1cn(C2CCOC3(CCCCC3)C2)nc1I. The van der Waals surface area contributed by atoms with E-state index in [1.54, 1.807) is 0 Å². The van der Waals surface area contributed by atoms with Gasteiger partial charge in [0.2, 0.25) is 0 Å². The Morgan fingerprint density at radius 3 is 2.83 bits per heavy atom. The fraction of sp³-hybridized carbons (Fsp3) is 0.769. The molecule has 3 rings (SSSR count). The van der Waals surface area contributed by atoms with Crippen LogP contribution in [0.1, 0.15) is 51.0 Å². The van der Waals surface area contributed by atoms with Crippen molar-refractivity contribution in [3.63, 3.8) is 0 Å². The van der Waals surface area contributed by atoms with Crippen LogP contribution in [0.4, 0.5) is 0 Å². The van der Waals surface area contributed by atoms with Crippen molar-refractivity contribution in [3.05, 3.63) is 14.9 Å². The molecule has 1 aromatic rings. The Morgan fingerprint density at radius 1 is 1.39 bits per heavy atom. The van der Waals surface area contributed by atoms with E-state index in [2.05, 4.69) is 32.4 Å². The largest absolute Gasteiger partial charge is 0.375 e. The summed E-state index contributed by atoms with van der Waals surface area (Å²) in [6.45, 7) is 0.860. The average molecular weight is 381 g/mol. The second-order valence-corrected chi connectivity index (χ2v) is 6.92. The van der Waals surface area contributed by atoms with Gasteiger partial charge in [0.25, 0.3) is 0 Å². The Morgan fingerprint density at radius 2 is 2.17 bits per heavy atom. The lowest BCUT2D eigenvalue weighted by molar-refractivity contribution is -0.115. The molecule has 5 heteroatoms. The molecule has 100 valence electrons. The van der Waals surface area contributed by atoms with Crippen molar-refractivity contribution in [1.29, 1.82) is 0 Å². The number of aromatic nitrogens is 2. The summed E-state index contributed by atoms with van der Waals surface area (Å²) in [5.41, 5.74) is 0.130. The van der Waals surface area contributed by atoms with Gasteiger partial charge in [-0.3, -0.25) is 4.68 Å². The number of hydrogen-bond donors (Lipinski definition) is 0. The van der Waals surface area contributed by atoms with E-state index in [9.17, 15) is 0 Å². The van der Waals surface area contributed by atoms with E-state index in [-0.39, 0.29) is 5.60 Å². The van der Waals surface area contributed by atoms with Gasteiger partial charge in [-0.1, -0.05) is 30.9 Å². The number of nitrogens with zero attached hydrogens (tertiary/aromatic N) is 2. The zero-order valence-corrected chi connectivity index (χ0v) is 13.3. The number of rotatable bonds is 1. The van der Waals surface area contributed by atoms with Crippen molar-refractivity contribution >= 4 is 34.2 Å². The summed E-state index contributed by atoms with van der Waals surface area (Å²) in [6, 6.07) is 0.456. The van der Waals surface area contributed by atoms with Crippen LogP contribution in [0.5, 0.6) is 0 Å². The Kier molecular flexibility index (Phi) is 3.87. The summed E-state index contributed by atoms with van der Waals surface area (Å²) in [4.78, 5) is 0. The topological polar surface area (TPSA) is 27.1 Å². The quantitative estimate of drug-likeness (QED) is 0.683. The molecule has 1 atom stereocenters. The summed E-state index contributed by atoms with van der Waals surface area (Å²) in [7, 11) is 0. The number of halogens is 2. The molecular weight excluding hydrogens is 363 g/mol. The molecule has 1 spiro atoms. The van der Waals surface area contributed by atoms with Crippen molar-refractivity contribution in [2.24, 2.45) is 0 Å². The predicted octanol–water partition coefficient (Wildman–Crippen LogP) is 4.20. The molecular formula is C13H18ClIN2O. The zero-order chi connectivity index (χ0) is 12.6. The lowest BCUT2D eigenvalue weighted by Crippen LogP contribution is -2.42. The maximum atomic E-state index is 6.12. The zero-order valence-electron chi connectivity index (χ0n) is 10.4. The molecule has 0 N–H and O–H groups in total. The van der Waals surface area contributed by atoms with Crippen LogP contribution in [0.15, 0.2) is 6.20 Å². The predicted molar refractivity (Wildman–Crippen MR) is 80.0 cm³/mol. The third-order valence-electron chi connectivity index (χ3n) is 4.25. The van der Waals surface area contributed by atoms with E-state index >= 15 is 0 Å². The fourth-order valence-corrected chi connectivity index (χ4v) is 3.83. The molecule has 3 nitrogen and oxygen atoms in total. The minimum absolute atomic E-state index is 0.130. The molecule has 2 aliphatic rings. The van der Waals surface area contributed by atoms with Crippen LogP contribution in [0.3, 0.4) is 0 Å². The first-order valence-corrected chi connectivity index (χ1v) is 8.18. The molecule has 1 aliphatic carbocycles. The molecule has 0 amide bonds. The Balaban J connectivity index is 1.77. The van der Waals surface area contributed by atoms with E-state index in [0.29, 0.717) is 6.04 Å². The third-order valence-corrected chi connectivity index (χ3v) is 5.64. The lowest BCUT2D eigenvalue weighted by atomic mass is 9.78. The average Bonchev–Trinajstić information content (AvgIpc) is 2.71. The van der Waals surface area contributed by atoms with E-state index in [4.69, 9.17) is 16.3 Å². The Bertz CT molecular complexity index is 404. The van der Waals surface area contributed by atoms with Crippen LogP contribution in [-0.4, -0.2) is 22.0 Å². The van der Waals surface area contributed by atoms with Gasteiger partial charge in [0, 0.05) is 12.8 Å². The summed E-state index contributed by atoms with van der Waals surface area (Å²) in [5, 5.41) is 5.29. The summed E-state index contributed by atoms with van der Waals surface area (Å²) >= 11 is 8.30. The molecule has 2 fully saturated rings. The van der Waals surface area contributed by atoms with Gasteiger partial charge in [0.1, 0.15) is 3.70 Å².